The minimum Gasteiger partial charge on any atom is -0.496 e. The van der Waals surface area contributed by atoms with E-state index in [0.29, 0.717) is 47.8 Å². The van der Waals surface area contributed by atoms with E-state index in [4.69, 9.17) is 32.7 Å². The molecule has 8 nitrogen and oxygen atoms in total. The molecule has 0 bridgehead atoms. The van der Waals surface area contributed by atoms with Crippen LogP contribution in [0.3, 0.4) is 0 Å². The van der Waals surface area contributed by atoms with Gasteiger partial charge >= 0.3 is 10.2 Å². The quantitative estimate of drug-likeness (QED) is 0.548. The summed E-state index contributed by atoms with van der Waals surface area (Å²) in [6, 6.07) is 10.4. The van der Waals surface area contributed by atoms with Gasteiger partial charge in [-0.25, -0.2) is 4.72 Å². The fraction of sp³-hybridized carbons (Fsp3) is 0.480. The van der Waals surface area contributed by atoms with Gasteiger partial charge in [-0.15, -0.1) is 0 Å². The molecule has 2 aliphatic rings. The van der Waals surface area contributed by atoms with Crippen LogP contribution in [0.2, 0.25) is 10.0 Å². The number of benzene rings is 2. The maximum atomic E-state index is 12.8. The maximum Gasteiger partial charge on any atom is 0.304 e. The van der Waals surface area contributed by atoms with Gasteiger partial charge in [0.2, 0.25) is 0 Å². The molecule has 0 aromatic heterocycles. The molecule has 2 fully saturated rings. The molecule has 2 saturated heterocycles. The van der Waals surface area contributed by atoms with Crippen molar-refractivity contribution in [1.29, 1.82) is 0 Å². The van der Waals surface area contributed by atoms with Crippen LogP contribution in [0, 0.1) is 6.92 Å². The number of likely N-dealkylation sites (tertiary alicyclic amines) is 1. The van der Waals surface area contributed by atoms with E-state index in [2.05, 4.69) is 9.62 Å². The highest BCUT2D eigenvalue weighted by molar-refractivity contribution is 7.87. The van der Waals surface area contributed by atoms with E-state index >= 15 is 0 Å². The monoisotopic (exact) mass is 555 g/mol. The van der Waals surface area contributed by atoms with Gasteiger partial charge in [-0.3, -0.25) is 4.79 Å². The van der Waals surface area contributed by atoms with E-state index in [1.54, 1.807) is 24.3 Å². The average Bonchev–Trinajstić information content (AvgIpc) is 2.89. The van der Waals surface area contributed by atoms with Crippen molar-refractivity contribution in [3.05, 3.63) is 57.6 Å². The zero-order valence-electron chi connectivity index (χ0n) is 20.4. The van der Waals surface area contributed by atoms with Crippen molar-refractivity contribution in [2.24, 2.45) is 0 Å². The summed E-state index contributed by atoms with van der Waals surface area (Å²) in [5.41, 5.74) is 1.03. The number of rotatable bonds is 7. The van der Waals surface area contributed by atoms with Crippen LogP contribution in [-0.4, -0.2) is 69.0 Å². The zero-order chi connectivity index (χ0) is 25.9. The lowest BCUT2D eigenvalue weighted by Gasteiger charge is -2.41. The van der Waals surface area contributed by atoms with Crippen molar-refractivity contribution < 1.29 is 22.7 Å². The Kier molecular flexibility index (Phi) is 8.67. The van der Waals surface area contributed by atoms with Gasteiger partial charge < -0.3 is 14.4 Å². The second kappa shape index (κ2) is 11.6. The van der Waals surface area contributed by atoms with Crippen LogP contribution in [0.25, 0.3) is 0 Å². The largest absolute Gasteiger partial charge is 0.496 e. The molecule has 196 valence electrons. The van der Waals surface area contributed by atoms with Crippen LogP contribution >= 0.6 is 23.2 Å². The SMILES string of the molecule is COc1ccccc1C(=O)NS(=O)(=O)N1CCC(N2CCC(Oc3ccc(Cl)c(Cl)c3C)CC2)CC1. The maximum absolute atomic E-state index is 12.8. The van der Waals surface area contributed by atoms with Gasteiger partial charge in [-0.05, 0) is 56.9 Å². The molecule has 1 amide bonds. The second-order valence-corrected chi connectivity index (χ2v) is 11.6. The van der Waals surface area contributed by atoms with E-state index < -0.39 is 16.1 Å². The topological polar surface area (TPSA) is 88.2 Å². The summed E-state index contributed by atoms with van der Waals surface area (Å²) in [5, 5.41) is 1.04. The molecule has 2 aliphatic heterocycles. The number of piperidine rings is 2. The smallest absolute Gasteiger partial charge is 0.304 e. The lowest BCUT2D eigenvalue weighted by Crippen LogP contribution is -2.52. The van der Waals surface area contributed by atoms with Crippen molar-refractivity contribution in [2.75, 3.05) is 33.3 Å². The van der Waals surface area contributed by atoms with E-state index in [9.17, 15) is 13.2 Å². The Balaban J connectivity index is 1.26. The van der Waals surface area contributed by atoms with Crippen LogP contribution in [0.1, 0.15) is 41.6 Å². The highest BCUT2D eigenvalue weighted by Gasteiger charge is 2.34. The van der Waals surface area contributed by atoms with Gasteiger partial charge in [0, 0.05) is 37.8 Å². The van der Waals surface area contributed by atoms with Crippen LogP contribution in [0.5, 0.6) is 11.5 Å². The number of amides is 1. The first-order valence-electron chi connectivity index (χ1n) is 12.0. The standard InChI is InChI=1S/C25H31Cl2N3O5S/c1-17-22(8-7-21(26)24(17)27)35-19-11-13-29(14-12-19)18-9-15-30(16-10-18)36(32,33)28-25(31)20-5-3-4-6-23(20)34-2/h3-8,18-19H,9-16H2,1-2H3,(H,28,31). The third kappa shape index (κ3) is 6.08. The molecule has 2 aromatic carbocycles. The van der Waals surface area contributed by atoms with Crippen LogP contribution < -0.4 is 14.2 Å². The number of hydrogen-bond donors (Lipinski definition) is 1. The van der Waals surface area contributed by atoms with Crippen molar-refractivity contribution in [3.63, 3.8) is 0 Å². The Morgan fingerprint density at radius 2 is 1.64 bits per heavy atom. The van der Waals surface area contributed by atoms with Crippen molar-refractivity contribution in [3.8, 4) is 11.5 Å². The van der Waals surface area contributed by atoms with Gasteiger partial charge in [-0.1, -0.05) is 35.3 Å². The number of halogens is 2. The normalized spacial score (nSPS) is 18.7. The van der Waals surface area contributed by atoms with Crippen LogP contribution in [0.15, 0.2) is 36.4 Å². The third-order valence-corrected chi connectivity index (χ3v) is 9.30. The van der Waals surface area contributed by atoms with Crippen LogP contribution in [0.4, 0.5) is 0 Å². The minimum absolute atomic E-state index is 0.0999. The first-order chi connectivity index (χ1) is 17.2. The van der Waals surface area contributed by atoms with Gasteiger partial charge in [0.1, 0.15) is 17.6 Å². The molecule has 0 atom stereocenters. The molecule has 0 aliphatic carbocycles. The Morgan fingerprint density at radius 3 is 2.31 bits per heavy atom. The molecule has 0 saturated carbocycles. The van der Waals surface area contributed by atoms with E-state index in [1.807, 2.05) is 13.0 Å². The predicted molar refractivity (Wildman–Crippen MR) is 140 cm³/mol. The first kappa shape index (κ1) is 27.0. The number of nitrogens with zero attached hydrogens (tertiary/aromatic N) is 2. The molecule has 36 heavy (non-hydrogen) atoms. The molecule has 4 rings (SSSR count). The van der Waals surface area contributed by atoms with Crippen molar-refractivity contribution in [2.45, 2.75) is 44.8 Å². The van der Waals surface area contributed by atoms with Gasteiger partial charge in [-0.2, -0.15) is 12.7 Å². The number of hydrogen-bond acceptors (Lipinski definition) is 6. The summed E-state index contributed by atoms with van der Waals surface area (Å²) >= 11 is 12.3. The molecule has 0 spiro atoms. The lowest BCUT2D eigenvalue weighted by atomic mass is 10.00. The van der Waals surface area contributed by atoms with Crippen LogP contribution in [-0.2, 0) is 10.2 Å². The van der Waals surface area contributed by atoms with Gasteiger partial charge in [0.25, 0.3) is 5.91 Å². The number of para-hydroxylation sites is 1. The number of ether oxygens (including phenoxy) is 2. The third-order valence-electron chi connectivity index (χ3n) is 6.91. The number of carbonyl (C=O) groups is 1. The molecule has 0 unspecified atom stereocenters. The lowest BCUT2D eigenvalue weighted by molar-refractivity contribution is 0.0581. The molecular formula is C25H31Cl2N3O5S. The number of methoxy groups -OCH3 is 1. The minimum atomic E-state index is -3.94. The molecule has 11 heteroatoms. The zero-order valence-corrected chi connectivity index (χ0v) is 22.7. The summed E-state index contributed by atoms with van der Waals surface area (Å²) in [7, 11) is -2.51. The van der Waals surface area contributed by atoms with E-state index in [1.165, 1.54) is 17.5 Å². The summed E-state index contributed by atoms with van der Waals surface area (Å²) in [6.07, 6.45) is 3.28. The van der Waals surface area contributed by atoms with Gasteiger partial charge in [0.15, 0.2) is 0 Å². The van der Waals surface area contributed by atoms with Crippen molar-refractivity contribution >= 4 is 39.3 Å². The van der Waals surface area contributed by atoms with Crippen molar-refractivity contribution in [1.82, 2.24) is 13.9 Å². The average molecular weight is 557 g/mol. The molecule has 2 heterocycles. The summed E-state index contributed by atoms with van der Waals surface area (Å²) < 4.78 is 40.6. The first-order valence-corrected chi connectivity index (χ1v) is 14.2. The fourth-order valence-electron chi connectivity index (χ4n) is 4.82. The second-order valence-electron chi connectivity index (χ2n) is 9.10. The number of carbonyl (C=O) groups excluding carboxylic acids is 1. The fourth-order valence-corrected chi connectivity index (χ4v) is 6.34. The Morgan fingerprint density at radius 1 is 0.972 bits per heavy atom. The molecular weight excluding hydrogens is 525 g/mol. The summed E-state index contributed by atoms with van der Waals surface area (Å²) in [6.45, 7) is 4.38. The Labute approximate surface area is 222 Å². The highest BCUT2D eigenvalue weighted by atomic mass is 35.5. The Hall–Kier alpha value is -2.04. The molecule has 1 N–H and O–H groups in total. The van der Waals surface area contributed by atoms with E-state index in [0.717, 1.165) is 37.2 Å². The Bertz CT molecular complexity index is 1190. The molecule has 2 aromatic rings. The van der Waals surface area contributed by atoms with Gasteiger partial charge in [0.05, 0.1) is 22.7 Å². The molecule has 0 radical (unpaired) electrons. The van der Waals surface area contributed by atoms with E-state index in [-0.39, 0.29) is 11.7 Å². The summed E-state index contributed by atoms with van der Waals surface area (Å²) in [5.74, 6) is 0.385. The number of nitrogens with one attached hydrogen (secondary N) is 1. The highest BCUT2D eigenvalue weighted by Crippen LogP contribution is 2.34. The predicted octanol–water partition coefficient (Wildman–Crippen LogP) is 4.29. The summed E-state index contributed by atoms with van der Waals surface area (Å²) in [4.78, 5) is 15.0.